The molecule has 6 heteroatoms. The van der Waals surface area contributed by atoms with Gasteiger partial charge in [0, 0.05) is 11.8 Å². The molecule has 0 aliphatic rings. The Morgan fingerprint density at radius 2 is 2.04 bits per heavy atom. The maximum atomic E-state index is 12.4. The van der Waals surface area contributed by atoms with Crippen LogP contribution in [0.4, 0.5) is 0 Å². The summed E-state index contributed by atoms with van der Waals surface area (Å²) in [4.78, 5) is 16.9. The van der Waals surface area contributed by atoms with Gasteiger partial charge < -0.3 is 9.47 Å². The van der Waals surface area contributed by atoms with Gasteiger partial charge in [0.25, 0.3) is 5.56 Å². The smallest absolute Gasteiger partial charge is 0.258 e. The van der Waals surface area contributed by atoms with Crippen LogP contribution >= 0.6 is 11.6 Å². The van der Waals surface area contributed by atoms with Gasteiger partial charge in [-0.3, -0.25) is 9.20 Å². The van der Waals surface area contributed by atoms with Crippen molar-refractivity contribution in [3.8, 4) is 11.5 Å². The van der Waals surface area contributed by atoms with Crippen LogP contribution in [0.5, 0.6) is 11.5 Å². The lowest BCUT2D eigenvalue weighted by atomic mass is 10.1. The number of halogens is 1. The quantitative estimate of drug-likeness (QED) is 0.626. The Hall–Kier alpha value is -2.79. The molecule has 2 aromatic heterocycles. The second-order valence-electron chi connectivity index (χ2n) is 6.09. The highest BCUT2D eigenvalue weighted by Crippen LogP contribution is 2.30. The van der Waals surface area contributed by atoms with E-state index in [9.17, 15) is 4.79 Å². The van der Waals surface area contributed by atoms with Crippen LogP contribution in [0.15, 0.2) is 47.3 Å². The first-order chi connectivity index (χ1) is 13.0. The summed E-state index contributed by atoms with van der Waals surface area (Å²) in [6.07, 6.45) is 2.65. The summed E-state index contributed by atoms with van der Waals surface area (Å²) in [6.45, 7) is 4.50. The molecule has 0 unspecified atom stereocenters. The summed E-state index contributed by atoms with van der Waals surface area (Å²) in [7, 11) is 1.60. The lowest BCUT2D eigenvalue weighted by molar-refractivity contribution is 0.294. The van der Waals surface area contributed by atoms with Crippen LogP contribution < -0.4 is 15.0 Å². The number of hydrogen-bond donors (Lipinski definition) is 0. The number of rotatable bonds is 6. The van der Waals surface area contributed by atoms with Gasteiger partial charge in [0.15, 0.2) is 11.5 Å². The fraction of sp³-hybridized carbons (Fsp3) is 0.238. The van der Waals surface area contributed by atoms with Crippen molar-refractivity contribution in [3.63, 3.8) is 0 Å². The summed E-state index contributed by atoms with van der Waals surface area (Å²) < 4.78 is 12.6. The minimum absolute atomic E-state index is 0.165. The number of fused-ring (bicyclic) bond motifs is 1. The van der Waals surface area contributed by atoms with Crippen molar-refractivity contribution < 1.29 is 9.47 Å². The van der Waals surface area contributed by atoms with Crippen molar-refractivity contribution in [2.75, 3.05) is 13.7 Å². The molecule has 0 spiro atoms. The molecule has 0 amide bonds. The molecular formula is C21H21ClN2O3. The Labute approximate surface area is 162 Å². The number of methoxy groups -OCH3 is 1. The highest BCUT2D eigenvalue weighted by Gasteiger charge is 2.09. The minimum Gasteiger partial charge on any atom is -0.493 e. The first kappa shape index (κ1) is 19.0. The van der Waals surface area contributed by atoms with Gasteiger partial charge in [0.05, 0.1) is 24.4 Å². The number of ether oxygens (including phenoxy) is 2. The molecule has 0 saturated carbocycles. The standard InChI is InChI=1S/C21H21ClN2O3/c1-4-10-27-19-12-15(8-9-18(19)26-3)11-16(22)17-13-21(25)24-14(2)6-5-7-20(24)23-17/h5-9,11-13H,4,10H2,1-3H3/b16-11-. The van der Waals surface area contributed by atoms with E-state index in [0.29, 0.717) is 34.5 Å². The number of benzene rings is 1. The van der Waals surface area contributed by atoms with Crippen molar-refractivity contribution in [3.05, 3.63) is 69.8 Å². The maximum Gasteiger partial charge on any atom is 0.258 e. The zero-order valence-electron chi connectivity index (χ0n) is 15.5. The van der Waals surface area contributed by atoms with E-state index in [1.165, 1.54) is 6.07 Å². The van der Waals surface area contributed by atoms with Crippen LogP contribution in [0.2, 0.25) is 0 Å². The SMILES string of the molecule is CCCOc1cc(/C=C(\Cl)c2cc(=O)n3c(C)cccc3n2)ccc1OC. The highest BCUT2D eigenvalue weighted by molar-refractivity contribution is 6.51. The van der Waals surface area contributed by atoms with E-state index in [2.05, 4.69) is 4.98 Å². The zero-order valence-corrected chi connectivity index (χ0v) is 16.3. The second kappa shape index (κ2) is 8.27. The molecular weight excluding hydrogens is 364 g/mol. The normalized spacial score (nSPS) is 11.6. The third kappa shape index (κ3) is 4.14. The summed E-state index contributed by atoms with van der Waals surface area (Å²) in [5.41, 5.74) is 2.48. The van der Waals surface area contributed by atoms with Gasteiger partial charge in [-0.25, -0.2) is 4.98 Å². The number of aryl methyl sites for hydroxylation is 1. The van der Waals surface area contributed by atoms with Gasteiger partial charge in [0.2, 0.25) is 0 Å². The topological polar surface area (TPSA) is 52.8 Å². The molecule has 0 saturated heterocycles. The van der Waals surface area contributed by atoms with Crippen molar-refractivity contribution in [1.82, 2.24) is 9.38 Å². The van der Waals surface area contributed by atoms with E-state index >= 15 is 0 Å². The number of nitrogens with zero attached hydrogens (tertiary/aromatic N) is 2. The monoisotopic (exact) mass is 384 g/mol. The molecule has 0 bridgehead atoms. The largest absolute Gasteiger partial charge is 0.493 e. The Morgan fingerprint density at radius 1 is 1.22 bits per heavy atom. The molecule has 3 aromatic rings. The van der Waals surface area contributed by atoms with Crippen LogP contribution in [-0.2, 0) is 0 Å². The Balaban J connectivity index is 2.00. The van der Waals surface area contributed by atoms with Gasteiger partial charge in [0.1, 0.15) is 5.65 Å². The van der Waals surface area contributed by atoms with Crippen LogP contribution in [0.3, 0.4) is 0 Å². The predicted molar refractivity (Wildman–Crippen MR) is 109 cm³/mol. The molecule has 5 nitrogen and oxygen atoms in total. The first-order valence-corrected chi connectivity index (χ1v) is 9.09. The average Bonchev–Trinajstić information content (AvgIpc) is 2.66. The molecule has 140 valence electrons. The number of aromatic nitrogens is 2. The molecule has 3 rings (SSSR count). The average molecular weight is 385 g/mol. The molecule has 1 aromatic carbocycles. The van der Waals surface area contributed by atoms with Crippen LogP contribution in [0.25, 0.3) is 16.8 Å². The third-order valence-corrected chi connectivity index (χ3v) is 4.37. The lowest BCUT2D eigenvalue weighted by Gasteiger charge is -2.11. The molecule has 0 N–H and O–H groups in total. The summed E-state index contributed by atoms with van der Waals surface area (Å²) in [5, 5.41) is 0.378. The Bertz CT molecular complexity index is 1060. The predicted octanol–water partition coefficient (Wildman–Crippen LogP) is 4.54. The third-order valence-electron chi connectivity index (χ3n) is 4.07. The molecule has 0 aliphatic carbocycles. The molecule has 0 aliphatic heterocycles. The van der Waals surface area contributed by atoms with Crippen LogP contribution in [-0.4, -0.2) is 23.1 Å². The lowest BCUT2D eigenvalue weighted by Crippen LogP contribution is -2.17. The van der Waals surface area contributed by atoms with Gasteiger partial charge in [-0.15, -0.1) is 0 Å². The highest BCUT2D eigenvalue weighted by atomic mass is 35.5. The van der Waals surface area contributed by atoms with E-state index in [-0.39, 0.29) is 5.56 Å². The zero-order chi connectivity index (χ0) is 19.4. The second-order valence-corrected chi connectivity index (χ2v) is 6.50. The fourth-order valence-corrected chi connectivity index (χ4v) is 2.99. The van der Waals surface area contributed by atoms with Gasteiger partial charge >= 0.3 is 0 Å². The van der Waals surface area contributed by atoms with E-state index in [0.717, 1.165) is 17.7 Å². The van der Waals surface area contributed by atoms with Crippen LogP contribution in [0.1, 0.15) is 30.3 Å². The number of hydrogen-bond acceptors (Lipinski definition) is 4. The molecule has 0 atom stereocenters. The van der Waals surface area contributed by atoms with Crippen molar-refractivity contribution >= 4 is 28.4 Å². The van der Waals surface area contributed by atoms with E-state index in [1.807, 2.05) is 44.2 Å². The summed E-state index contributed by atoms with van der Waals surface area (Å²) >= 11 is 6.46. The van der Waals surface area contributed by atoms with Crippen LogP contribution in [0, 0.1) is 6.92 Å². The summed E-state index contributed by atoms with van der Waals surface area (Å²) in [6, 6.07) is 12.5. The first-order valence-electron chi connectivity index (χ1n) is 8.71. The fourth-order valence-electron chi connectivity index (χ4n) is 2.76. The maximum absolute atomic E-state index is 12.4. The van der Waals surface area contributed by atoms with E-state index in [4.69, 9.17) is 21.1 Å². The van der Waals surface area contributed by atoms with Crippen molar-refractivity contribution in [2.45, 2.75) is 20.3 Å². The Morgan fingerprint density at radius 3 is 2.78 bits per heavy atom. The van der Waals surface area contributed by atoms with Crippen molar-refractivity contribution in [2.24, 2.45) is 0 Å². The molecule has 0 fully saturated rings. The van der Waals surface area contributed by atoms with E-state index < -0.39 is 0 Å². The molecule has 2 heterocycles. The van der Waals surface area contributed by atoms with E-state index in [1.54, 1.807) is 23.7 Å². The van der Waals surface area contributed by atoms with Crippen molar-refractivity contribution in [1.29, 1.82) is 0 Å². The van der Waals surface area contributed by atoms with Gasteiger partial charge in [-0.1, -0.05) is 30.7 Å². The molecule has 0 radical (unpaired) electrons. The summed E-state index contributed by atoms with van der Waals surface area (Å²) in [5.74, 6) is 1.31. The number of pyridine rings is 1. The van der Waals surface area contributed by atoms with Gasteiger partial charge in [-0.2, -0.15) is 0 Å². The van der Waals surface area contributed by atoms with Gasteiger partial charge in [-0.05, 0) is 49.2 Å². The molecule has 27 heavy (non-hydrogen) atoms. The minimum atomic E-state index is -0.165. The Kier molecular flexibility index (Phi) is 5.81.